The Morgan fingerprint density at radius 2 is 1.89 bits per heavy atom. The van der Waals surface area contributed by atoms with Gasteiger partial charge in [0.25, 0.3) is 5.91 Å². The highest BCUT2D eigenvalue weighted by Gasteiger charge is 2.08. The van der Waals surface area contributed by atoms with Crippen molar-refractivity contribution in [3.8, 4) is 5.75 Å². The molecule has 0 aliphatic carbocycles. The molecule has 1 rings (SSSR count). The van der Waals surface area contributed by atoms with Crippen molar-refractivity contribution >= 4 is 23.5 Å². The van der Waals surface area contributed by atoms with Crippen molar-refractivity contribution in [1.82, 2.24) is 5.32 Å². The molecule has 0 atom stereocenters. The fourth-order valence-electron chi connectivity index (χ4n) is 1.21. The Balaban J connectivity index is 2.24. The summed E-state index contributed by atoms with van der Waals surface area (Å²) in [7, 11) is 0. The van der Waals surface area contributed by atoms with Crippen LogP contribution in [0.4, 0.5) is 0 Å². The predicted octanol–water partition coefficient (Wildman–Crippen LogP) is 1.79. The van der Waals surface area contributed by atoms with Gasteiger partial charge < -0.3 is 14.8 Å². The lowest BCUT2D eigenvalue weighted by atomic mass is 10.3. The Hall–Kier alpha value is -1.75. The lowest BCUT2D eigenvalue weighted by molar-refractivity contribution is -0.147. The summed E-state index contributed by atoms with van der Waals surface area (Å²) < 4.78 is 10.1. The maximum atomic E-state index is 11.4. The molecule has 0 aromatic heterocycles. The highest BCUT2D eigenvalue weighted by Crippen LogP contribution is 2.15. The first kappa shape index (κ1) is 15.3. The molecular formula is C13H16ClNO4. The number of ether oxygens (including phenoxy) is 2. The number of hydrogen-bond donors (Lipinski definition) is 1. The monoisotopic (exact) mass is 285 g/mol. The Labute approximate surface area is 116 Å². The van der Waals surface area contributed by atoms with Crippen molar-refractivity contribution in [2.75, 3.05) is 13.2 Å². The lowest BCUT2D eigenvalue weighted by Gasteiger charge is -2.09. The van der Waals surface area contributed by atoms with Gasteiger partial charge in [-0.1, -0.05) is 11.6 Å². The Morgan fingerprint density at radius 3 is 2.47 bits per heavy atom. The van der Waals surface area contributed by atoms with Gasteiger partial charge in [0.1, 0.15) is 12.3 Å². The fourth-order valence-corrected chi connectivity index (χ4v) is 1.33. The minimum absolute atomic E-state index is 0.166. The summed E-state index contributed by atoms with van der Waals surface area (Å²) in [4.78, 5) is 22.6. The molecule has 1 N–H and O–H groups in total. The van der Waals surface area contributed by atoms with Crippen LogP contribution in [0.3, 0.4) is 0 Å². The van der Waals surface area contributed by atoms with E-state index in [1.807, 2.05) is 0 Å². The van der Waals surface area contributed by atoms with Crippen LogP contribution < -0.4 is 10.1 Å². The van der Waals surface area contributed by atoms with Crippen LogP contribution in [0.2, 0.25) is 5.02 Å². The molecule has 1 amide bonds. The van der Waals surface area contributed by atoms with E-state index in [1.54, 1.807) is 38.1 Å². The first-order chi connectivity index (χ1) is 8.97. The lowest BCUT2D eigenvalue weighted by Crippen LogP contribution is -2.34. The van der Waals surface area contributed by atoms with Crippen LogP contribution in [0.15, 0.2) is 24.3 Å². The van der Waals surface area contributed by atoms with Gasteiger partial charge in [-0.3, -0.25) is 9.59 Å². The maximum absolute atomic E-state index is 11.4. The van der Waals surface area contributed by atoms with Gasteiger partial charge in [-0.05, 0) is 38.1 Å². The summed E-state index contributed by atoms with van der Waals surface area (Å²) in [6.07, 6.45) is -0.199. The number of rotatable bonds is 6. The predicted molar refractivity (Wildman–Crippen MR) is 71.2 cm³/mol. The second-order valence-electron chi connectivity index (χ2n) is 4.06. The quantitative estimate of drug-likeness (QED) is 0.809. The van der Waals surface area contributed by atoms with E-state index in [0.29, 0.717) is 10.8 Å². The molecule has 0 saturated heterocycles. The molecule has 6 heteroatoms. The van der Waals surface area contributed by atoms with Gasteiger partial charge in [-0.25, -0.2) is 0 Å². The highest BCUT2D eigenvalue weighted by atomic mass is 35.5. The van der Waals surface area contributed by atoms with Gasteiger partial charge in [0, 0.05) is 5.02 Å². The van der Waals surface area contributed by atoms with E-state index < -0.39 is 11.9 Å². The smallest absolute Gasteiger partial charge is 0.325 e. The maximum Gasteiger partial charge on any atom is 0.325 e. The molecule has 0 fully saturated rings. The molecule has 0 spiro atoms. The topological polar surface area (TPSA) is 64.6 Å². The number of hydrogen-bond acceptors (Lipinski definition) is 4. The standard InChI is InChI=1S/C13H16ClNO4/c1-9(2)19-13(17)7-15-12(16)8-18-11-5-3-10(14)4-6-11/h3-6,9H,7-8H2,1-2H3,(H,15,16). The second kappa shape index (κ2) is 7.63. The molecule has 5 nitrogen and oxygen atoms in total. The van der Waals surface area contributed by atoms with Crippen LogP contribution in [-0.2, 0) is 14.3 Å². The minimum Gasteiger partial charge on any atom is -0.484 e. The van der Waals surface area contributed by atoms with E-state index in [1.165, 1.54) is 0 Å². The first-order valence-electron chi connectivity index (χ1n) is 5.82. The third kappa shape index (κ3) is 6.67. The van der Waals surface area contributed by atoms with Gasteiger partial charge in [-0.15, -0.1) is 0 Å². The summed E-state index contributed by atoms with van der Waals surface area (Å²) in [6.45, 7) is 3.14. The van der Waals surface area contributed by atoms with Crippen molar-refractivity contribution in [2.24, 2.45) is 0 Å². The van der Waals surface area contributed by atoms with Crippen LogP contribution in [0.1, 0.15) is 13.8 Å². The first-order valence-corrected chi connectivity index (χ1v) is 6.19. The molecule has 1 aromatic carbocycles. The summed E-state index contributed by atoms with van der Waals surface area (Å²) >= 11 is 5.71. The second-order valence-corrected chi connectivity index (χ2v) is 4.49. The Kier molecular flexibility index (Phi) is 6.15. The normalized spacial score (nSPS) is 10.1. The Bertz CT molecular complexity index is 431. The van der Waals surface area contributed by atoms with E-state index in [4.69, 9.17) is 21.1 Å². The minimum atomic E-state index is -0.477. The molecule has 0 aliphatic rings. The average Bonchev–Trinajstić information content (AvgIpc) is 2.35. The van der Waals surface area contributed by atoms with Crippen LogP contribution in [-0.4, -0.2) is 31.1 Å². The van der Waals surface area contributed by atoms with Gasteiger partial charge >= 0.3 is 5.97 Å². The molecule has 0 bridgehead atoms. The van der Waals surface area contributed by atoms with Crippen molar-refractivity contribution in [3.05, 3.63) is 29.3 Å². The number of halogens is 1. The van der Waals surface area contributed by atoms with Crippen molar-refractivity contribution in [2.45, 2.75) is 20.0 Å². The van der Waals surface area contributed by atoms with Gasteiger partial charge in [-0.2, -0.15) is 0 Å². The van der Waals surface area contributed by atoms with E-state index in [-0.39, 0.29) is 19.3 Å². The van der Waals surface area contributed by atoms with E-state index in [2.05, 4.69) is 5.32 Å². The van der Waals surface area contributed by atoms with Crippen molar-refractivity contribution < 1.29 is 19.1 Å². The largest absolute Gasteiger partial charge is 0.484 e. The number of esters is 1. The van der Waals surface area contributed by atoms with Gasteiger partial charge in [0.15, 0.2) is 6.61 Å². The number of nitrogens with one attached hydrogen (secondary N) is 1. The third-order valence-corrected chi connectivity index (χ3v) is 2.23. The van der Waals surface area contributed by atoms with Gasteiger partial charge in [0.05, 0.1) is 6.10 Å². The van der Waals surface area contributed by atoms with Crippen LogP contribution >= 0.6 is 11.6 Å². The summed E-state index contributed by atoms with van der Waals surface area (Å²) in [5.41, 5.74) is 0. The van der Waals surface area contributed by atoms with Crippen molar-refractivity contribution in [3.63, 3.8) is 0 Å². The molecule has 0 radical (unpaired) electrons. The van der Waals surface area contributed by atoms with Crippen LogP contribution in [0.25, 0.3) is 0 Å². The number of amides is 1. The number of carbonyl (C=O) groups excluding carboxylic acids is 2. The van der Waals surface area contributed by atoms with E-state index in [0.717, 1.165) is 0 Å². The zero-order valence-corrected chi connectivity index (χ0v) is 11.6. The summed E-state index contributed by atoms with van der Waals surface area (Å²) in [6, 6.07) is 6.63. The molecule has 104 valence electrons. The molecular weight excluding hydrogens is 270 g/mol. The van der Waals surface area contributed by atoms with Crippen LogP contribution in [0, 0.1) is 0 Å². The van der Waals surface area contributed by atoms with Crippen LogP contribution in [0.5, 0.6) is 5.75 Å². The zero-order chi connectivity index (χ0) is 14.3. The molecule has 0 aliphatic heterocycles. The van der Waals surface area contributed by atoms with Gasteiger partial charge in [0.2, 0.25) is 0 Å². The molecule has 0 saturated carbocycles. The highest BCUT2D eigenvalue weighted by molar-refractivity contribution is 6.30. The fraction of sp³-hybridized carbons (Fsp3) is 0.385. The number of benzene rings is 1. The third-order valence-electron chi connectivity index (χ3n) is 1.98. The SMILES string of the molecule is CC(C)OC(=O)CNC(=O)COc1ccc(Cl)cc1. The molecule has 0 heterocycles. The molecule has 19 heavy (non-hydrogen) atoms. The Morgan fingerprint density at radius 1 is 1.26 bits per heavy atom. The summed E-state index contributed by atoms with van der Waals surface area (Å²) in [5.74, 6) is -0.338. The summed E-state index contributed by atoms with van der Waals surface area (Å²) in [5, 5.41) is 3.00. The average molecular weight is 286 g/mol. The van der Waals surface area contributed by atoms with Crippen molar-refractivity contribution in [1.29, 1.82) is 0 Å². The van der Waals surface area contributed by atoms with E-state index >= 15 is 0 Å². The van der Waals surface area contributed by atoms with E-state index in [9.17, 15) is 9.59 Å². The zero-order valence-electron chi connectivity index (χ0n) is 10.8. The number of carbonyl (C=O) groups is 2. The molecule has 0 unspecified atom stereocenters. The molecule has 1 aromatic rings.